The number of carbonyl (C=O) groups is 1. The topological polar surface area (TPSA) is 60.4 Å². The summed E-state index contributed by atoms with van der Waals surface area (Å²) in [5.41, 5.74) is 0.475. The van der Waals surface area contributed by atoms with Crippen molar-refractivity contribution in [3.63, 3.8) is 0 Å². The predicted molar refractivity (Wildman–Crippen MR) is 59.9 cm³/mol. The molecule has 0 bridgehead atoms. The van der Waals surface area contributed by atoms with Crippen LogP contribution in [-0.2, 0) is 14.3 Å². The van der Waals surface area contributed by atoms with Crippen LogP contribution in [0.15, 0.2) is 29.2 Å². The first-order valence-corrected chi connectivity index (χ1v) is 6.28. The molecule has 16 heavy (non-hydrogen) atoms. The van der Waals surface area contributed by atoms with Gasteiger partial charge in [-0.05, 0) is 32.9 Å². The highest BCUT2D eigenvalue weighted by Gasteiger charge is 2.16. The van der Waals surface area contributed by atoms with E-state index in [1.54, 1.807) is 13.8 Å². The van der Waals surface area contributed by atoms with Crippen LogP contribution >= 0.6 is 0 Å². The fraction of sp³-hybridized carbons (Fsp3) is 0.364. The lowest BCUT2D eigenvalue weighted by Crippen LogP contribution is -2.12. The van der Waals surface area contributed by atoms with Gasteiger partial charge in [0.15, 0.2) is 5.78 Å². The van der Waals surface area contributed by atoms with Crippen LogP contribution in [-0.4, -0.2) is 20.3 Å². The third-order valence-electron chi connectivity index (χ3n) is 1.87. The molecule has 0 radical (unpaired) electrons. The third-order valence-corrected chi connectivity index (χ3v) is 3.36. The molecule has 5 heteroatoms. The average Bonchev–Trinajstić information content (AvgIpc) is 2.16. The molecule has 0 aliphatic rings. The number of hydrogen-bond donors (Lipinski definition) is 0. The van der Waals surface area contributed by atoms with Crippen molar-refractivity contribution in [2.75, 3.05) is 0 Å². The average molecular weight is 242 g/mol. The van der Waals surface area contributed by atoms with Crippen LogP contribution in [0.1, 0.15) is 31.1 Å². The normalized spacial score (nSPS) is 11.8. The Bertz CT molecular complexity index is 471. The van der Waals surface area contributed by atoms with Crippen LogP contribution in [0.25, 0.3) is 0 Å². The summed E-state index contributed by atoms with van der Waals surface area (Å²) < 4.78 is 28.0. The Morgan fingerprint density at radius 1 is 1.19 bits per heavy atom. The maximum absolute atomic E-state index is 11.6. The molecule has 0 unspecified atom stereocenters. The second kappa shape index (κ2) is 4.76. The van der Waals surface area contributed by atoms with Gasteiger partial charge < -0.3 is 0 Å². The van der Waals surface area contributed by atoms with Crippen molar-refractivity contribution >= 4 is 15.9 Å². The van der Waals surface area contributed by atoms with E-state index in [0.717, 1.165) is 0 Å². The zero-order valence-corrected chi connectivity index (χ0v) is 10.2. The Hall–Kier alpha value is -1.20. The van der Waals surface area contributed by atoms with Crippen molar-refractivity contribution in [1.82, 2.24) is 0 Å². The van der Waals surface area contributed by atoms with Gasteiger partial charge in [-0.15, -0.1) is 0 Å². The second-order valence-corrected chi connectivity index (χ2v) is 5.25. The summed E-state index contributed by atoms with van der Waals surface area (Å²) in [6.45, 7) is 4.71. The molecule has 88 valence electrons. The number of benzene rings is 1. The maximum Gasteiger partial charge on any atom is 0.297 e. The van der Waals surface area contributed by atoms with Crippen LogP contribution < -0.4 is 0 Å². The first-order valence-electron chi connectivity index (χ1n) is 4.87. The molecule has 1 aromatic carbocycles. The summed E-state index contributed by atoms with van der Waals surface area (Å²) in [5, 5.41) is 0. The minimum absolute atomic E-state index is 0.0613. The minimum atomic E-state index is -3.71. The molecular weight excluding hydrogens is 228 g/mol. The molecule has 4 nitrogen and oxygen atoms in total. The molecule has 0 saturated heterocycles. The first kappa shape index (κ1) is 12.9. The Labute approximate surface area is 95.4 Å². The lowest BCUT2D eigenvalue weighted by atomic mass is 10.2. The van der Waals surface area contributed by atoms with Crippen molar-refractivity contribution in [3.8, 4) is 0 Å². The van der Waals surface area contributed by atoms with Gasteiger partial charge in [0.25, 0.3) is 10.1 Å². The third kappa shape index (κ3) is 3.15. The standard InChI is InChI=1S/C11H14O4S/c1-8(2)15-16(13,14)11-6-4-10(5-7-11)9(3)12/h4-8H,1-3H3. The molecule has 0 amide bonds. The van der Waals surface area contributed by atoms with Crippen LogP contribution in [0.5, 0.6) is 0 Å². The van der Waals surface area contributed by atoms with Gasteiger partial charge in [0.1, 0.15) is 0 Å². The fourth-order valence-corrected chi connectivity index (χ4v) is 2.25. The number of hydrogen-bond acceptors (Lipinski definition) is 4. The van der Waals surface area contributed by atoms with Gasteiger partial charge in [-0.25, -0.2) is 0 Å². The number of rotatable bonds is 4. The highest BCUT2D eigenvalue weighted by molar-refractivity contribution is 7.86. The van der Waals surface area contributed by atoms with Gasteiger partial charge in [0.2, 0.25) is 0 Å². The van der Waals surface area contributed by atoms with E-state index in [1.165, 1.54) is 31.2 Å². The Balaban J connectivity index is 3.02. The number of carbonyl (C=O) groups excluding carboxylic acids is 1. The molecule has 0 aliphatic carbocycles. The molecule has 0 spiro atoms. The minimum Gasteiger partial charge on any atom is -0.295 e. The van der Waals surface area contributed by atoms with Crippen molar-refractivity contribution in [1.29, 1.82) is 0 Å². The fourth-order valence-electron chi connectivity index (χ4n) is 1.17. The van der Waals surface area contributed by atoms with E-state index in [1.807, 2.05) is 0 Å². The molecule has 0 saturated carbocycles. The molecule has 0 fully saturated rings. The van der Waals surface area contributed by atoms with Crippen LogP contribution in [0.3, 0.4) is 0 Å². The van der Waals surface area contributed by atoms with E-state index in [-0.39, 0.29) is 10.7 Å². The maximum atomic E-state index is 11.6. The second-order valence-electron chi connectivity index (χ2n) is 3.68. The highest BCUT2D eigenvalue weighted by atomic mass is 32.2. The van der Waals surface area contributed by atoms with Crippen molar-refractivity contribution in [3.05, 3.63) is 29.8 Å². The van der Waals surface area contributed by atoms with Crippen LogP contribution in [0, 0.1) is 0 Å². The van der Waals surface area contributed by atoms with E-state index < -0.39 is 16.2 Å². The molecule has 1 aromatic rings. The summed E-state index contributed by atoms with van der Waals surface area (Å²) in [4.78, 5) is 11.1. The molecule has 0 aliphatic heterocycles. The molecule has 0 N–H and O–H groups in total. The van der Waals surface area contributed by atoms with Gasteiger partial charge in [-0.1, -0.05) is 12.1 Å². The quantitative estimate of drug-likeness (QED) is 0.598. The van der Waals surface area contributed by atoms with E-state index >= 15 is 0 Å². The lowest BCUT2D eigenvalue weighted by molar-refractivity contribution is 0.101. The Morgan fingerprint density at radius 2 is 1.69 bits per heavy atom. The van der Waals surface area contributed by atoms with Crippen molar-refractivity contribution in [2.24, 2.45) is 0 Å². The molecule has 0 atom stereocenters. The first-order chi connectivity index (χ1) is 7.33. The molecule has 0 aromatic heterocycles. The zero-order valence-electron chi connectivity index (χ0n) is 9.43. The molecular formula is C11H14O4S. The summed E-state index contributed by atoms with van der Waals surface area (Å²) in [5.74, 6) is -0.103. The summed E-state index contributed by atoms with van der Waals surface area (Å²) in [6, 6.07) is 5.68. The molecule has 1 rings (SSSR count). The van der Waals surface area contributed by atoms with Crippen molar-refractivity contribution in [2.45, 2.75) is 31.8 Å². The van der Waals surface area contributed by atoms with Gasteiger partial charge in [0, 0.05) is 5.56 Å². The Kier molecular flexibility index (Phi) is 3.83. The zero-order chi connectivity index (χ0) is 12.3. The van der Waals surface area contributed by atoms with E-state index in [9.17, 15) is 13.2 Å². The lowest BCUT2D eigenvalue weighted by Gasteiger charge is -2.08. The van der Waals surface area contributed by atoms with E-state index in [4.69, 9.17) is 4.18 Å². The predicted octanol–water partition coefficient (Wildman–Crippen LogP) is 2.00. The summed E-state index contributed by atoms with van der Waals surface area (Å²) in [7, 11) is -3.71. The molecule has 0 heterocycles. The van der Waals surface area contributed by atoms with Gasteiger partial charge in [-0.3, -0.25) is 8.98 Å². The SMILES string of the molecule is CC(=O)c1ccc(S(=O)(=O)OC(C)C)cc1. The van der Waals surface area contributed by atoms with E-state index in [0.29, 0.717) is 5.56 Å². The van der Waals surface area contributed by atoms with Gasteiger partial charge in [-0.2, -0.15) is 8.42 Å². The summed E-state index contributed by atoms with van der Waals surface area (Å²) in [6.07, 6.45) is -0.405. The monoisotopic (exact) mass is 242 g/mol. The number of ketones is 1. The summed E-state index contributed by atoms with van der Waals surface area (Å²) >= 11 is 0. The Morgan fingerprint density at radius 3 is 2.06 bits per heavy atom. The highest BCUT2D eigenvalue weighted by Crippen LogP contribution is 2.15. The largest absolute Gasteiger partial charge is 0.297 e. The van der Waals surface area contributed by atoms with Gasteiger partial charge in [0.05, 0.1) is 11.0 Å². The van der Waals surface area contributed by atoms with Crippen LogP contribution in [0.2, 0.25) is 0 Å². The van der Waals surface area contributed by atoms with Crippen LogP contribution in [0.4, 0.5) is 0 Å². The van der Waals surface area contributed by atoms with Crippen molar-refractivity contribution < 1.29 is 17.4 Å². The number of Topliss-reactive ketones (excluding diaryl/α,β-unsaturated/α-hetero) is 1. The smallest absolute Gasteiger partial charge is 0.295 e. The van der Waals surface area contributed by atoms with E-state index in [2.05, 4.69) is 0 Å². The van der Waals surface area contributed by atoms with Gasteiger partial charge >= 0.3 is 0 Å².